The Labute approximate surface area is 122 Å². The predicted octanol–water partition coefficient (Wildman–Crippen LogP) is -0.200. The van der Waals surface area contributed by atoms with Gasteiger partial charge in [0, 0.05) is 6.04 Å². The molecule has 0 saturated heterocycles. The van der Waals surface area contributed by atoms with Gasteiger partial charge < -0.3 is 10.1 Å². The van der Waals surface area contributed by atoms with E-state index in [1.54, 1.807) is 12.1 Å². The zero-order valence-corrected chi connectivity index (χ0v) is 11.6. The van der Waals surface area contributed by atoms with Crippen LogP contribution in [0.25, 0.3) is 0 Å². The second-order valence-corrected chi connectivity index (χ2v) is 4.80. The van der Waals surface area contributed by atoms with Gasteiger partial charge in [-0.1, -0.05) is 18.2 Å². The van der Waals surface area contributed by atoms with Crippen LogP contribution in [0.1, 0.15) is 18.4 Å². The van der Waals surface area contributed by atoms with Crippen LogP contribution < -0.4 is 20.9 Å². The van der Waals surface area contributed by atoms with E-state index in [1.165, 1.54) is 0 Å². The largest absolute Gasteiger partial charge is 0.483 e. The highest BCUT2D eigenvalue weighted by molar-refractivity contribution is 6.35. The molecule has 0 spiro atoms. The Kier molecular flexibility index (Phi) is 4.76. The lowest BCUT2D eigenvalue weighted by atomic mass is 10.2. The van der Waals surface area contributed by atoms with E-state index >= 15 is 0 Å². The Morgan fingerprint density at radius 1 is 1.14 bits per heavy atom. The first-order chi connectivity index (χ1) is 10.1. The molecule has 1 fully saturated rings. The average Bonchev–Trinajstić information content (AvgIpc) is 3.27. The number of hydrazine groups is 1. The molecule has 7 heteroatoms. The minimum absolute atomic E-state index is 0.0864. The van der Waals surface area contributed by atoms with E-state index in [-0.39, 0.29) is 12.6 Å². The van der Waals surface area contributed by atoms with Gasteiger partial charge in [0.2, 0.25) is 0 Å². The van der Waals surface area contributed by atoms with Crippen LogP contribution in [0, 0.1) is 6.92 Å². The first kappa shape index (κ1) is 14.8. The van der Waals surface area contributed by atoms with Crippen LogP contribution in [-0.4, -0.2) is 30.4 Å². The maximum Gasteiger partial charge on any atom is 0.327 e. The Morgan fingerprint density at radius 2 is 1.86 bits per heavy atom. The van der Waals surface area contributed by atoms with Gasteiger partial charge in [0.15, 0.2) is 6.61 Å². The number of benzene rings is 1. The fourth-order valence-corrected chi connectivity index (χ4v) is 1.56. The molecule has 0 bridgehead atoms. The Morgan fingerprint density at radius 3 is 2.52 bits per heavy atom. The van der Waals surface area contributed by atoms with Crippen molar-refractivity contribution in [1.82, 2.24) is 16.2 Å². The van der Waals surface area contributed by atoms with Gasteiger partial charge in [0.25, 0.3) is 5.91 Å². The highest BCUT2D eigenvalue weighted by Crippen LogP contribution is 2.18. The van der Waals surface area contributed by atoms with Crippen LogP contribution in [0.3, 0.4) is 0 Å². The second-order valence-electron chi connectivity index (χ2n) is 4.80. The van der Waals surface area contributed by atoms with E-state index in [0.717, 1.165) is 18.4 Å². The molecular formula is C14H17N3O4. The molecule has 1 aliphatic carbocycles. The van der Waals surface area contributed by atoms with Crippen molar-refractivity contribution in [3.05, 3.63) is 29.8 Å². The molecule has 112 valence electrons. The normalized spacial score (nSPS) is 13.2. The maximum absolute atomic E-state index is 11.5. The van der Waals surface area contributed by atoms with Crippen LogP contribution in [0.5, 0.6) is 5.75 Å². The fourth-order valence-electron chi connectivity index (χ4n) is 1.56. The molecule has 1 saturated carbocycles. The van der Waals surface area contributed by atoms with Gasteiger partial charge in [-0.2, -0.15) is 0 Å². The van der Waals surface area contributed by atoms with Gasteiger partial charge in [-0.15, -0.1) is 0 Å². The lowest BCUT2D eigenvalue weighted by Crippen LogP contribution is -2.50. The third kappa shape index (κ3) is 4.79. The van der Waals surface area contributed by atoms with Gasteiger partial charge in [-0.05, 0) is 31.4 Å². The summed E-state index contributed by atoms with van der Waals surface area (Å²) >= 11 is 0. The van der Waals surface area contributed by atoms with Gasteiger partial charge in [0.05, 0.1) is 0 Å². The molecule has 3 N–H and O–H groups in total. The summed E-state index contributed by atoms with van der Waals surface area (Å²) in [5.74, 6) is -1.61. The number of aryl methyl sites for hydroxylation is 1. The monoisotopic (exact) mass is 291 g/mol. The number of nitrogens with one attached hydrogen (secondary N) is 3. The highest BCUT2D eigenvalue weighted by Gasteiger charge is 2.26. The molecule has 21 heavy (non-hydrogen) atoms. The summed E-state index contributed by atoms with van der Waals surface area (Å²) in [4.78, 5) is 34.2. The third-order valence-corrected chi connectivity index (χ3v) is 2.89. The molecule has 0 aromatic heterocycles. The number of rotatable bonds is 4. The van der Waals surface area contributed by atoms with Gasteiger partial charge in [-0.25, -0.2) is 0 Å². The minimum Gasteiger partial charge on any atom is -0.483 e. The lowest BCUT2D eigenvalue weighted by molar-refractivity contribution is -0.141. The van der Waals surface area contributed by atoms with E-state index in [4.69, 9.17) is 4.74 Å². The predicted molar refractivity (Wildman–Crippen MR) is 74.1 cm³/mol. The van der Waals surface area contributed by atoms with Crippen molar-refractivity contribution in [2.24, 2.45) is 0 Å². The molecule has 0 unspecified atom stereocenters. The van der Waals surface area contributed by atoms with E-state index in [9.17, 15) is 14.4 Å². The van der Waals surface area contributed by atoms with Gasteiger partial charge in [0.1, 0.15) is 5.75 Å². The van der Waals surface area contributed by atoms with Crippen molar-refractivity contribution < 1.29 is 19.1 Å². The molecule has 2 rings (SSSR count). The smallest absolute Gasteiger partial charge is 0.327 e. The quantitative estimate of drug-likeness (QED) is 0.529. The maximum atomic E-state index is 11.5. The average molecular weight is 291 g/mol. The molecule has 1 aliphatic rings. The van der Waals surface area contributed by atoms with Crippen LogP contribution in [0.4, 0.5) is 0 Å². The zero-order valence-electron chi connectivity index (χ0n) is 11.6. The second kappa shape index (κ2) is 6.74. The topological polar surface area (TPSA) is 96.5 Å². The third-order valence-electron chi connectivity index (χ3n) is 2.89. The number of hydrogen-bond acceptors (Lipinski definition) is 4. The molecule has 1 aromatic rings. The molecule has 0 heterocycles. The first-order valence-electron chi connectivity index (χ1n) is 6.64. The van der Waals surface area contributed by atoms with Gasteiger partial charge >= 0.3 is 11.8 Å². The zero-order chi connectivity index (χ0) is 15.2. The number of amides is 3. The summed E-state index contributed by atoms with van der Waals surface area (Å²) in [6.45, 7) is 1.60. The van der Waals surface area contributed by atoms with E-state index in [1.807, 2.05) is 24.5 Å². The van der Waals surface area contributed by atoms with Crippen molar-refractivity contribution in [2.75, 3.05) is 6.61 Å². The van der Waals surface area contributed by atoms with Crippen molar-refractivity contribution in [3.8, 4) is 5.75 Å². The SMILES string of the molecule is Cc1ccccc1OCC(=O)NNC(=O)C(=O)NC1CC1. The minimum atomic E-state index is -0.897. The number of ether oxygens (including phenoxy) is 1. The number of hydrogen-bond donors (Lipinski definition) is 3. The number of carbonyl (C=O) groups is 3. The van der Waals surface area contributed by atoms with Crippen molar-refractivity contribution >= 4 is 17.7 Å². The molecule has 0 atom stereocenters. The number of para-hydroxylation sites is 1. The molecule has 7 nitrogen and oxygen atoms in total. The van der Waals surface area contributed by atoms with Crippen molar-refractivity contribution in [1.29, 1.82) is 0 Å². The molecule has 0 aliphatic heterocycles. The van der Waals surface area contributed by atoms with E-state index < -0.39 is 17.7 Å². The molecule has 0 radical (unpaired) electrons. The highest BCUT2D eigenvalue weighted by atomic mass is 16.5. The standard InChI is InChI=1S/C14H17N3O4/c1-9-4-2-3-5-11(9)21-8-12(18)16-17-14(20)13(19)15-10-6-7-10/h2-5,10H,6-8H2,1H3,(H,15,19)(H,16,18)(H,17,20). The van der Waals surface area contributed by atoms with Crippen LogP contribution in [-0.2, 0) is 14.4 Å². The Balaban J connectivity index is 1.68. The van der Waals surface area contributed by atoms with Crippen LogP contribution >= 0.6 is 0 Å². The molecule has 1 aromatic carbocycles. The fraction of sp³-hybridized carbons (Fsp3) is 0.357. The number of carbonyl (C=O) groups excluding carboxylic acids is 3. The first-order valence-corrected chi connectivity index (χ1v) is 6.64. The lowest BCUT2D eigenvalue weighted by Gasteiger charge is -2.10. The summed E-state index contributed by atoms with van der Waals surface area (Å²) in [5, 5.41) is 2.51. The summed E-state index contributed by atoms with van der Waals surface area (Å²) in [7, 11) is 0. The van der Waals surface area contributed by atoms with Crippen molar-refractivity contribution in [3.63, 3.8) is 0 Å². The summed E-state index contributed by atoms with van der Waals surface area (Å²) < 4.78 is 5.30. The van der Waals surface area contributed by atoms with Crippen molar-refractivity contribution in [2.45, 2.75) is 25.8 Å². The Hall–Kier alpha value is -2.57. The Bertz CT molecular complexity index is 555. The van der Waals surface area contributed by atoms with Gasteiger partial charge in [-0.3, -0.25) is 25.2 Å². The summed E-state index contributed by atoms with van der Waals surface area (Å²) in [5.41, 5.74) is 5.06. The van der Waals surface area contributed by atoms with E-state index in [0.29, 0.717) is 5.75 Å². The van der Waals surface area contributed by atoms with E-state index in [2.05, 4.69) is 10.7 Å². The summed E-state index contributed by atoms with van der Waals surface area (Å²) in [6.07, 6.45) is 1.77. The summed E-state index contributed by atoms with van der Waals surface area (Å²) in [6, 6.07) is 7.34. The molecule has 3 amide bonds. The van der Waals surface area contributed by atoms with Crippen LogP contribution in [0.2, 0.25) is 0 Å². The van der Waals surface area contributed by atoms with Crippen LogP contribution in [0.15, 0.2) is 24.3 Å². The molecular weight excluding hydrogens is 274 g/mol.